The number of nitrogens with zero attached hydrogens (tertiary/aromatic N) is 1. The summed E-state index contributed by atoms with van der Waals surface area (Å²) in [6.45, 7) is 6.06. The van der Waals surface area contributed by atoms with E-state index in [2.05, 4.69) is 5.32 Å². The van der Waals surface area contributed by atoms with Gasteiger partial charge in [-0.1, -0.05) is 12.0 Å². The van der Waals surface area contributed by atoms with Crippen LogP contribution in [0.3, 0.4) is 0 Å². The van der Waals surface area contributed by atoms with E-state index in [1.807, 2.05) is 18.7 Å². The van der Waals surface area contributed by atoms with Gasteiger partial charge < -0.3 is 10.2 Å². The number of hydrogen-bond acceptors (Lipinski definition) is 2. The van der Waals surface area contributed by atoms with E-state index < -0.39 is 0 Å². The third-order valence-corrected chi connectivity index (χ3v) is 3.00. The van der Waals surface area contributed by atoms with Crippen molar-refractivity contribution in [1.82, 2.24) is 10.2 Å². The fourth-order valence-corrected chi connectivity index (χ4v) is 2.07. The van der Waals surface area contributed by atoms with E-state index in [-0.39, 0.29) is 11.8 Å². The van der Waals surface area contributed by atoms with E-state index in [1.165, 1.54) is 0 Å². The molecule has 0 aromatic rings. The summed E-state index contributed by atoms with van der Waals surface area (Å²) < 4.78 is 0. The highest BCUT2D eigenvalue weighted by Gasteiger charge is 2.15. The molecule has 18 heavy (non-hydrogen) atoms. The van der Waals surface area contributed by atoms with E-state index in [4.69, 9.17) is 0 Å². The maximum Gasteiger partial charge on any atom is 0.243 e. The second-order valence-corrected chi connectivity index (χ2v) is 5.06. The molecule has 1 fully saturated rings. The van der Waals surface area contributed by atoms with Gasteiger partial charge in [-0.3, -0.25) is 9.59 Å². The minimum Gasteiger partial charge on any atom is -0.352 e. The third-order valence-electron chi connectivity index (χ3n) is 3.00. The van der Waals surface area contributed by atoms with Crippen molar-refractivity contribution in [3.8, 4) is 0 Å². The van der Waals surface area contributed by atoms with Crippen LogP contribution in [-0.4, -0.2) is 36.3 Å². The van der Waals surface area contributed by atoms with Gasteiger partial charge in [0.1, 0.15) is 0 Å². The first kappa shape index (κ1) is 14.7. The van der Waals surface area contributed by atoms with Crippen LogP contribution in [0.1, 0.15) is 46.0 Å². The highest BCUT2D eigenvalue weighted by atomic mass is 16.2. The molecule has 2 amide bonds. The minimum absolute atomic E-state index is 0.0443. The van der Waals surface area contributed by atoms with Crippen molar-refractivity contribution in [2.24, 2.45) is 0 Å². The van der Waals surface area contributed by atoms with Gasteiger partial charge in [-0.25, -0.2) is 0 Å². The zero-order chi connectivity index (χ0) is 13.4. The van der Waals surface area contributed by atoms with Crippen LogP contribution >= 0.6 is 0 Å². The average Bonchev–Trinajstić information content (AvgIpc) is 2.49. The molecule has 0 atom stereocenters. The van der Waals surface area contributed by atoms with Crippen molar-refractivity contribution in [3.63, 3.8) is 0 Å². The molecule has 0 saturated carbocycles. The summed E-state index contributed by atoms with van der Waals surface area (Å²) in [6.07, 6.45) is 6.39. The van der Waals surface area contributed by atoms with Gasteiger partial charge in [0, 0.05) is 32.1 Å². The number of nitrogens with one attached hydrogen (secondary N) is 1. The number of carbonyl (C=O) groups is 2. The van der Waals surface area contributed by atoms with Crippen LogP contribution in [0.4, 0.5) is 0 Å². The lowest BCUT2D eigenvalue weighted by Crippen LogP contribution is -2.33. The number of rotatable bonds is 5. The zero-order valence-corrected chi connectivity index (χ0v) is 11.5. The largest absolute Gasteiger partial charge is 0.352 e. The monoisotopic (exact) mass is 252 g/mol. The van der Waals surface area contributed by atoms with Crippen molar-refractivity contribution in [3.05, 3.63) is 11.6 Å². The molecule has 0 unspecified atom stereocenters. The van der Waals surface area contributed by atoms with Crippen LogP contribution in [-0.2, 0) is 9.59 Å². The van der Waals surface area contributed by atoms with Crippen LogP contribution in [0.15, 0.2) is 11.6 Å². The topological polar surface area (TPSA) is 49.4 Å². The first-order valence-electron chi connectivity index (χ1n) is 6.80. The molecule has 1 N–H and O–H groups in total. The second kappa shape index (κ2) is 7.90. The molecule has 102 valence electrons. The first-order valence-corrected chi connectivity index (χ1v) is 6.80. The van der Waals surface area contributed by atoms with Crippen molar-refractivity contribution in [2.75, 3.05) is 19.6 Å². The van der Waals surface area contributed by atoms with Crippen molar-refractivity contribution in [2.45, 2.75) is 46.0 Å². The van der Waals surface area contributed by atoms with Gasteiger partial charge in [-0.05, 0) is 33.1 Å². The minimum atomic E-state index is -0.0443. The lowest BCUT2D eigenvalue weighted by Gasteiger charge is -2.20. The highest BCUT2D eigenvalue weighted by molar-refractivity contribution is 5.87. The average molecular weight is 252 g/mol. The molecule has 0 aromatic carbocycles. The van der Waals surface area contributed by atoms with Gasteiger partial charge in [0.15, 0.2) is 0 Å². The predicted molar refractivity (Wildman–Crippen MR) is 72.1 cm³/mol. The van der Waals surface area contributed by atoms with E-state index in [0.717, 1.165) is 44.3 Å². The van der Waals surface area contributed by atoms with E-state index in [9.17, 15) is 9.59 Å². The Labute approximate surface area is 109 Å². The van der Waals surface area contributed by atoms with Crippen LogP contribution in [0, 0.1) is 0 Å². The summed E-state index contributed by atoms with van der Waals surface area (Å²) in [5, 5.41) is 2.83. The summed E-state index contributed by atoms with van der Waals surface area (Å²) in [5.41, 5.74) is 0.996. The summed E-state index contributed by atoms with van der Waals surface area (Å²) >= 11 is 0. The van der Waals surface area contributed by atoms with Gasteiger partial charge >= 0.3 is 0 Å². The van der Waals surface area contributed by atoms with Crippen LogP contribution in [0.25, 0.3) is 0 Å². The Hall–Kier alpha value is -1.32. The van der Waals surface area contributed by atoms with Crippen LogP contribution < -0.4 is 5.32 Å². The molecule has 4 heteroatoms. The number of likely N-dealkylation sites (tertiary alicyclic amines) is 1. The summed E-state index contributed by atoms with van der Waals surface area (Å²) in [5.74, 6) is 0.223. The molecule has 0 radical (unpaired) electrons. The molecule has 1 rings (SSSR count). The zero-order valence-electron chi connectivity index (χ0n) is 11.5. The normalized spacial score (nSPS) is 16.1. The molecular weight excluding hydrogens is 228 g/mol. The number of amides is 2. The van der Waals surface area contributed by atoms with E-state index >= 15 is 0 Å². The Bertz CT molecular complexity index is 320. The molecule has 1 heterocycles. The second-order valence-electron chi connectivity index (χ2n) is 5.06. The fraction of sp³-hybridized carbons (Fsp3) is 0.714. The van der Waals surface area contributed by atoms with E-state index in [0.29, 0.717) is 13.0 Å². The fourth-order valence-electron chi connectivity index (χ4n) is 2.07. The van der Waals surface area contributed by atoms with Gasteiger partial charge in [0.25, 0.3) is 0 Å². The Morgan fingerprint density at radius 3 is 2.83 bits per heavy atom. The maximum absolute atomic E-state index is 11.7. The van der Waals surface area contributed by atoms with Crippen LogP contribution in [0.5, 0.6) is 0 Å². The predicted octanol–water partition coefficient (Wildman–Crippen LogP) is 1.86. The molecule has 0 aromatic heterocycles. The SMILES string of the molecule is CC(C)=CC(=O)NCCCN1CCCCCC1=O. The highest BCUT2D eigenvalue weighted by Crippen LogP contribution is 2.11. The molecule has 0 bridgehead atoms. The molecular formula is C14H24N2O2. The summed E-state index contributed by atoms with van der Waals surface area (Å²) in [4.78, 5) is 25.0. The van der Waals surface area contributed by atoms with Gasteiger partial charge in [-0.15, -0.1) is 0 Å². The summed E-state index contributed by atoms with van der Waals surface area (Å²) in [7, 11) is 0. The number of hydrogen-bond donors (Lipinski definition) is 1. The third kappa shape index (κ3) is 5.84. The first-order chi connectivity index (χ1) is 8.59. The Morgan fingerprint density at radius 1 is 1.33 bits per heavy atom. The molecule has 0 aliphatic carbocycles. The van der Waals surface area contributed by atoms with Gasteiger partial charge in [0.05, 0.1) is 0 Å². The maximum atomic E-state index is 11.7. The summed E-state index contributed by atoms with van der Waals surface area (Å²) in [6, 6.07) is 0. The van der Waals surface area contributed by atoms with Gasteiger partial charge in [-0.2, -0.15) is 0 Å². The van der Waals surface area contributed by atoms with Crippen molar-refractivity contribution < 1.29 is 9.59 Å². The van der Waals surface area contributed by atoms with Gasteiger partial charge in [0.2, 0.25) is 11.8 Å². The number of allylic oxidation sites excluding steroid dienone is 1. The van der Waals surface area contributed by atoms with Crippen molar-refractivity contribution >= 4 is 11.8 Å². The van der Waals surface area contributed by atoms with E-state index in [1.54, 1.807) is 6.08 Å². The molecule has 0 spiro atoms. The smallest absolute Gasteiger partial charge is 0.243 e. The Kier molecular flexibility index (Phi) is 6.47. The molecule has 1 aliphatic heterocycles. The molecule has 4 nitrogen and oxygen atoms in total. The molecule has 1 saturated heterocycles. The standard InChI is InChI=1S/C14H24N2O2/c1-12(2)11-13(17)15-8-6-10-16-9-5-3-4-7-14(16)18/h11H,3-10H2,1-2H3,(H,15,17). The number of carbonyl (C=O) groups excluding carboxylic acids is 2. The quantitative estimate of drug-likeness (QED) is 0.600. The lowest BCUT2D eigenvalue weighted by molar-refractivity contribution is -0.130. The van der Waals surface area contributed by atoms with Crippen molar-refractivity contribution in [1.29, 1.82) is 0 Å². The molecule has 1 aliphatic rings. The Morgan fingerprint density at radius 2 is 2.11 bits per heavy atom. The van der Waals surface area contributed by atoms with Crippen LogP contribution in [0.2, 0.25) is 0 Å². The Balaban J connectivity index is 2.18. The lowest BCUT2D eigenvalue weighted by atomic mass is 10.2.